The Morgan fingerprint density at radius 3 is 2.67 bits per heavy atom. The molecule has 2 nitrogen and oxygen atoms in total. The van der Waals surface area contributed by atoms with E-state index in [0.717, 1.165) is 25.2 Å². The van der Waals surface area contributed by atoms with Crippen LogP contribution in [0.15, 0.2) is 41.4 Å². The van der Waals surface area contributed by atoms with Gasteiger partial charge in [0, 0.05) is 24.3 Å². The zero-order valence-electron chi connectivity index (χ0n) is 11.0. The van der Waals surface area contributed by atoms with E-state index in [-0.39, 0.29) is 0 Å². The van der Waals surface area contributed by atoms with Crippen LogP contribution in [0, 0.1) is 13.8 Å². The van der Waals surface area contributed by atoms with Crippen molar-refractivity contribution in [1.82, 2.24) is 4.57 Å². The van der Waals surface area contributed by atoms with Crippen molar-refractivity contribution in [1.29, 1.82) is 0 Å². The van der Waals surface area contributed by atoms with E-state index in [4.69, 9.17) is 4.99 Å². The van der Waals surface area contributed by atoms with Crippen molar-refractivity contribution in [2.24, 2.45) is 4.99 Å². The molecule has 0 radical (unpaired) electrons. The number of aryl methyl sites for hydroxylation is 2. The fourth-order valence-corrected chi connectivity index (χ4v) is 2.77. The fraction of sp³-hybridized carbons (Fsp3) is 0.312. The summed E-state index contributed by atoms with van der Waals surface area (Å²) in [5.74, 6) is 0. The lowest BCUT2D eigenvalue weighted by Gasteiger charge is -2.11. The number of hydrogen-bond acceptors (Lipinski definition) is 1. The van der Waals surface area contributed by atoms with Crippen molar-refractivity contribution >= 4 is 5.71 Å². The summed E-state index contributed by atoms with van der Waals surface area (Å²) in [6.07, 6.45) is 1.12. The minimum atomic E-state index is 0.921. The van der Waals surface area contributed by atoms with E-state index in [1.807, 2.05) is 0 Å². The molecule has 0 unspecified atom stereocenters. The number of fused-ring (bicyclic) bond motifs is 1. The summed E-state index contributed by atoms with van der Waals surface area (Å²) in [4.78, 5) is 4.80. The monoisotopic (exact) mass is 238 g/mol. The lowest BCUT2D eigenvalue weighted by Crippen LogP contribution is -2.11. The van der Waals surface area contributed by atoms with Crippen LogP contribution in [0.2, 0.25) is 0 Å². The molecule has 0 N–H and O–H groups in total. The highest BCUT2D eigenvalue weighted by Gasteiger charge is 2.18. The molecule has 0 saturated carbocycles. The molecule has 0 amide bonds. The molecule has 1 aliphatic rings. The van der Waals surface area contributed by atoms with Gasteiger partial charge in [0.05, 0.1) is 11.4 Å². The summed E-state index contributed by atoms with van der Waals surface area (Å²) in [5.41, 5.74) is 6.35. The molecule has 0 bridgehead atoms. The fourth-order valence-electron chi connectivity index (χ4n) is 2.77. The molecule has 1 aliphatic heterocycles. The second kappa shape index (κ2) is 4.45. The molecule has 2 aromatic rings. The molecule has 18 heavy (non-hydrogen) atoms. The highest BCUT2D eigenvalue weighted by molar-refractivity contribution is 6.13. The Labute approximate surface area is 108 Å². The summed E-state index contributed by atoms with van der Waals surface area (Å²) in [6.45, 7) is 6.37. The molecule has 0 saturated heterocycles. The topological polar surface area (TPSA) is 17.3 Å². The van der Waals surface area contributed by atoms with Crippen molar-refractivity contribution in [2.75, 3.05) is 6.54 Å². The second-order valence-electron chi connectivity index (χ2n) is 4.92. The van der Waals surface area contributed by atoms with Crippen LogP contribution in [0.4, 0.5) is 0 Å². The van der Waals surface area contributed by atoms with Gasteiger partial charge in [0.15, 0.2) is 0 Å². The van der Waals surface area contributed by atoms with Crippen LogP contribution in [0.3, 0.4) is 0 Å². The average molecular weight is 238 g/mol. The van der Waals surface area contributed by atoms with Gasteiger partial charge >= 0.3 is 0 Å². The lowest BCUT2D eigenvalue weighted by molar-refractivity contribution is 0.648. The van der Waals surface area contributed by atoms with Crippen LogP contribution in [0.25, 0.3) is 0 Å². The lowest BCUT2D eigenvalue weighted by atomic mass is 10.0. The highest BCUT2D eigenvalue weighted by Crippen LogP contribution is 2.22. The molecule has 3 rings (SSSR count). The Kier molecular flexibility index (Phi) is 2.78. The Morgan fingerprint density at radius 1 is 1.11 bits per heavy atom. The normalized spacial score (nSPS) is 14.9. The van der Waals surface area contributed by atoms with Crippen molar-refractivity contribution in [3.63, 3.8) is 0 Å². The number of aromatic nitrogens is 1. The smallest absolute Gasteiger partial charge is 0.0886 e. The minimum Gasteiger partial charge on any atom is -0.343 e. The van der Waals surface area contributed by atoms with E-state index in [1.54, 1.807) is 0 Å². The summed E-state index contributed by atoms with van der Waals surface area (Å²) in [5, 5.41) is 0. The van der Waals surface area contributed by atoms with Gasteiger partial charge in [0.25, 0.3) is 0 Å². The van der Waals surface area contributed by atoms with Gasteiger partial charge in [-0.05, 0) is 31.9 Å². The standard InChI is InChI=1S/C16H18N2/c1-12-11-13(2)18-10-6-9-17-15(16(12)18)14-7-4-3-5-8-14/h3-5,7-8,11H,6,9-10H2,1-2H3. The van der Waals surface area contributed by atoms with Gasteiger partial charge in [0.1, 0.15) is 0 Å². The van der Waals surface area contributed by atoms with Crippen molar-refractivity contribution in [3.8, 4) is 0 Å². The van der Waals surface area contributed by atoms with E-state index in [1.165, 1.54) is 22.5 Å². The maximum absolute atomic E-state index is 4.80. The number of aliphatic imine (C=N–C) groups is 1. The van der Waals surface area contributed by atoms with E-state index in [2.05, 4.69) is 54.8 Å². The maximum Gasteiger partial charge on any atom is 0.0886 e. The van der Waals surface area contributed by atoms with Crippen LogP contribution in [-0.4, -0.2) is 16.8 Å². The van der Waals surface area contributed by atoms with Crippen molar-refractivity contribution < 1.29 is 0 Å². The number of nitrogens with zero attached hydrogens (tertiary/aromatic N) is 2. The average Bonchev–Trinajstić information content (AvgIpc) is 2.58. The second-order valence-corrected chi connectivity index (χ2v) is 4.92. The summed E-state index contributed by atoms with van der Waals surface area (Å²) in [7, 11) is 0. The van der Waals surface area contributed by atoms with Crippen LogP contribution in [-0.2, 0) is 6.54 Å². The molecule has 92 valence electrons. The van der Waals surface area contributed by atoms with Crippen LogP contribution in [0.1, 0.15) is 28.9 Å². The van der Waals surface area contributed by atoms with Gasteiger partial charge in [-0.15, -0.1) is 0 Å². The quantitative estimate of drug-likeness (QED) is 0.725. The van der Waals surface area contributed by atoms with Crippen LogP contribution < -0.4 is 0 Å². The molecule has 0 atom stereocenters. The summed E-state index contributed by atoms with van der Waals surface area (Å²) in [6, 6.07) is 12.8. The van der Waals surface area contributed by atoms with Crippen molar-refractivity contribution in [2.45, 2.75) is 26.8 Å². The van der Waals surface area contributed by atoms with Gasteiger partial charge in [-0.3, -0.25) is 4.99 Å². The molecule has 0 spiro atoms. The van der Waals surface area contributed by atoms with Crippen LogP contribution in [0.5, 0.6) is 0 Å². The first-order valence-corrected chi connectivity index (χ1v) is 6.54. The number of benzene rings is 1. The zero-order valence-corrected chi connectivity index (χ0v) is 11.0. The van der Waals surface area contributed by atoms with Crippen molar-refractivity contribution in [3.05, 3.63) is 58.9 Å². The van der Waals surface area contributed by atoms with Gasteiger partial charge in [-0.1, -0.05) is 30.3 Å². The van der Waals surface area contributed by atoms with E-state index in [9.17, 15) is 0 Å². The Bertz CT molecular complexity index is 591. The van der Waals surface area contributed by atoms with Gasteiger partial charge in [-0.25, -0.2) is 0 Å². The zero-order chi connectivity index (χ0) is 12.5. The third-order valence-corrected chi connectivity index (χ3v) is 3.58. The molecule has 1 aromatic carbocycles. The molecular weight excluding hydrogens is 220 g/mol. The van der Waals surface area contributed by atoms with E-state index in [0.29, 0.717) is 0 Å². The van der Waals surface area contributed by atoms with E-state index < -0.39 is 0 Å². The Hall–Kier alpha value is -1.83. The van der Waals surface area contributed by atoms with E-state index >= 15 is 0 Å². The predicted molar refractivity (Wildman–Crippen MR) is 75.5 cm³/mol. The first-order valence-electron chi connectivity index (χ1n) is 6.54. The molecule has 2 heterocycles. The maximum atomic E-state index is 4.80. The predicted octanol–water partition coefficient (Wildman–Crippen LogP) is 3.35. The Balaban J connectivity index is 2.20. The Morgan fingerprint density at radius 2 is 1.89 bits per heavy atom. The third-order valence-electron chi connectivity index (χ3n) is 3.58. The third kappa shape index (κ3) is 1.78. The van der Waals surface area contributed by atoms with Gasteiger partial charge in [-0.2, -0.15) is 0 Å². The molecule has 0 aliphatic carbocycles. The first kappa shape index (κ1) is 11.3. The number of rotatable bonds is 1. The molecule has 1 aromatic heterocycles. The van der Waals surface area contributed by atoms with Gasteiger partial charge < -0.3 is 4.57 Å². The minimum absolute atomic E-state index is 0.921. The highest BCUT2D eigenvalue weighted by atomic mass is 15.0. The van der Waals surface area contributed by atoms with Gasteiger partial charge in [0.2, 0.25) is 0 Å². The van der Waals surface area contributed by atoms with Crippen LogP contribution >= 0.6 is 0 Å². The molecule has 0 fully saturated rings. The summed E-state index contributed by atoms with van der Waals surface area (Å²) >= 11 is 0. The molecule has 2 heteroatoms. The largest absolute Gasteiger partial charge is 0.343 e. The SMILES string of the molecule is Cc1cc(C)n2c1C(c1ccccc1)=NCCC2. The number of hydrogen-bond donors (Lipinski definition) is 0. The summed E-state index contributed by atoms with van der Waals surface area (Å²) < 4.78 is 2.41. The first-order chi connectivity index (χ1) is 8.77. The molecular formula is C16H18N2.